The molecule has 0 N–H and O–H groups in total. The first-order valence-corrected chi connectivity index (χ1v) is 7.74. The molecule has 19 heavy (non-hydrogen) atoms. The molecule has 106 valence electrons. The summed E-state index contributed by atoms with van der Waals surface area (Å²) in [4.78, 5) is 10.1. The lowest BCUT2D eigenvalue weighted by Gasteiger charge is -2.31. The molecule has 0 unspecified atom stereocenters. The highest BCUT2D eigenvalue weighted by molar-refractivity contribution is 7.15. The van der Waals surface area contributed by atoms with Gasteiger partial charge >= 0.3 is 0 Å². The second-order valence-electron chi connectivity index (χ2n) is 5.44. The molecule has 1 aromatic rings. The molecule has 0 radical (unpaired) electrons. The minimum absolute atomic E-state index is 0.00914. The highest BCUT2D eigenvalue weighted by Crippen LogP contribution is 2.30. The van der Waals surface area contributed by atoms with Crippen LogP contribution in [0.5, 0.6) is 0 Å². The number of thiazole rings is 1. The van der Waals surface area contributed by atoms with E-state index in [1.54, 1.807) is 11.3 Å². The Morgan fingerprint density at radius 1 is 1.16 bits per heavy atom. The summed E-state index contributed by atoms with van der Waals surface area (Å²) in [5, 5.41) is 1.09. The van der Waals surface area contributed by atoms with Crippen molar-refractivity contribution in [3.05, 3.63) is 11.1 Å². The van der Waals surface area contributed by atoms with Gasteiger partial charge in [0.25, 0.3) is 5.92 Å². The van der Waals surface area contributed by atoms with E-state index in [9.17, 15) is 8.78 Å². The summed E-state index contributed by atoms with van der Waals surface area (Å²) in [6, 6.07) is 0. The Morgan fingerprint density at radius 3 is 2.53 bits per heavy atom. The predicted octanol–water partition coefficient (Wildman–Crippen LogP) is 2.97. The number of nitrogens with zero attached hydrogens (tertiary/aromatic N) is 3. The average molecular weight is 287 g/mol. The van der Waals surface area contributed by atoms with Crippen molar-refractivity contribution in [3.8, 4) is 0 Å². The van der Waals surface area contributed by atoms with Gasteiger partial charge in [-0.3, -0.25) is 4.90 Å². The SMILES string of the molecule is FC1(F)CCN(Cc2cnc(N3CCCC3)s2)CC1. The number of halogens is 2. The fourth-order valence-corrected chi connectivity index (χ4v) is 3.69. The van der Waals surface area contributed by atoms with E-state index in [4.69, 9.17) is 0 Å². The third-order valence-electron chi connectivity index (χ3n) is 3.88. The van der Waals surface area contributed by atoms with Gasteiger partial charge in [0.1, 0.15) is 0 Å². The van der Waals surface area contributed by atoms with Crippen molar-refractivity contribution in [3.63, 3.8) is 0 Å². The van der Waals surface area contributed by atoms with Crippen molar-refractivity contribution in [2.45, 2.75) is 38.2 Å². The van der Waals surface area contributed by atoms with Crippen LogP contribution in [0, 0.1) is 0 Å². The van der Waals surface area contributed by atoms with Crippen LogP contribution in [0.15, 0.2) is 6.20 Å². The van der Waals surface area contributed by atoms with Crippen molar-refractivity contribution in [1.82, 2.24) is 9.88 Å². The van der Waals surface area contributed by atoms with Crippen molar-refractivity contribution < 1.29 is 8.78 Å². The van der Waals surface area contributed by atoms with Gasteiger partial charge in [-0.1, -0.05) is 0 Å². The number of likely N-dealkylation sites (tertiary alicyclic amines) is 1. The van der Waals surface area contributed by atoms with Gasteiger partial charge in [0.15, 0.2) is 5.13 Å². The molecule has 0 saturated carbocycles. The van der Waals surface area contributed by atoms with Gasteiger partial charge in [-0.15, -0.1) is 11.3 Å². The monoisotopic (exact) mass is 287 g/mol. The molecule has 3 rings (SSSR count). The quantitative estimate of drug-likeness (QED) is 0.852. The molecule has 3 nitrogen and oxygen atoms in total. The normalized spacial score (nSPS) is 24.0. The molecule has 1 aromatic heterocycles. The van der Waals surface area contributed by atoms with Gasteiger partial charge in [-0.25, -0.2) is 13.8 Å². The van der Waals surface area contributed by atoms with Crippen LogP contribution < -0.4 is 4.90 Å². The average Bonchev–Trinajstić information content (AvgIpc) is 3.02. The van der Waals surface area contributed by atoms with Crippen LogP contribution in [0.3, 0.4) is 0 Å². The molecule has 0 spiro atoms. The topological polar surface area (TPSA) is 19.4 Å². The lowest BCUT2D eigenvalue weighted by molar-refractivity contribution is -0.0564. The number of hydrogen-bond acceptors (Lipinski definition) is 4. The number of alkyl halides is 2. The number of rotatable bonds is 3. The highest BCUT2D eigenvalue weighted by atomic mass is 32.1. The maximum atomic E-state index is 13.1. The molecular formula is C13H19F2N3S. The van der Waals surface area contributed by atoms with Gasteiger partial charge in [-0.2, -0.15) is 0 Å². The molecule has 0 amide bonds. The van der Waals surface area contributed by atoms with Crippen molar-refractivity contribution in [1.29, 1.82) is 0 Å². The second kappa shape index (κ2) is 5.32. The first kappa shape index (κ1) is 13.2. The zero-order valence-corrected chi connectivity index (χ0v) is 11.8. The lowest BCUT2D eigenvalue weighted by Crippen LogP contribution is -2.38. The van der Waals surface area contributed by atoms with Crippen LogP contribution in [0.1, 0.15) is 30.6 Å². The van der Waals surface area contributed by atoms with Gasteiger partial charge in [0.05, 0.1) is 0 Å². The molecule has 0 atom stereocenters. The van der Waals surface area contributed by atoms with Crippen LogP contribution in [-0.4, -0.2) is 42.0 Å². The minimum atomic E-state index is -2.45. The highest BCUT2D eigenvalue weighted by Gasteiger charge is 2.34. The van der Waals surface area contributed by atoms with Gasteiger partial charge in [-0.05, 0) is 12.8 Å². The third kappa shape index (κ3) is 3.23. The summed E-state index contributed by atoms with van der Waals surface area (Å²) in [7, 11) is 0. The molecule has 2 saturated heterocycles. The summed E-state index contributed by atoms with van der Waals surface area (Å²) < 4.78 is 26.2. The molecule has 0 aromatic carbocycles. The number of hydrogen-bond donors (Lipinski definition) is 0. The Bertz CT molecular complexity index is 419. The van der Waals surface area contributed by atoms with Crippen molar-refractivity contribution in [2.24, 2.45) is 0 Å². The van der Waals surface area contributed by atoms with Crippen LogP contribution in [0.4, 0.5) is 13.9 Å². The van der Waals surface area contributed by atoms with Gasteiger partial charge in [0.2, 0.25) is 0 Å². The lowest BCUT2D eigenvalue weighted by atomic mass is 10.1. The number of aromatic nitrogens is 1. The third-order valence-corrected chi connectivity index (χ3v) is 4.93. The van der Waals surface area contributed by atoms with E-state index in [0.29, 0.717) is 13.1 Å². The van der Waals surface area contributed by atoms with Gasteiger partial charge < -0.3 is 4.90 Å². The van der Waals surface area contributed by atoms with E-state index >= 15 is 0 Å². The Kier molecular flexibility index (Phi) is 3.71. The largest absolute Gasteiger partial charge is 0.348 e. The summed E-state index contributed by atoms with van der Waals surface area (Å²) in [6.07, 6.45) is 4.38. The number of anilines is 1. The summed E-state index contributed by atoms with van der Waals surface area (Å²) in [5.41, 5.74) is 0. The standard InChI is InChI=1S/C13H19F2N3S/c14-13(15)3-7-17(8-4-13)10-11-9-16-12(19-11)18-5-1-2-6-18/h9H,1-8,10H2. The summed E-state index contributed by atoms with van der Waals surface area (Å²) in [6.45, 7) is 3.95. The molecule has 2 aliphatic rings. The minimum Gasteiger partial charge on any atom is -0.348 e. The van der Waals surface area contributed by atoms with E-state index in [0.717, 1.165) is 24.8 Å². The Balaban J connectivity index is 1.55. The van der Waals surface area contributed by atoms with E-state index in [-0.39, 0.29) is 12.8 Å². The van der Waals surface area contributed by atoms with Crippen molar-refractivity contribution >= 4 is 16.5 Å². The second-order valence-corrected chi connectivity index (χ2v) is 6.53. The van der Waals surface area contributed by atoms with Crippen LogP contribution in [0.2, 0.25) is 0 Å². The Labute approximate surface area is 116 Å². The van der Waals surface area contributed by atoms with E-state index in [2.05, 4.69) is 14.8 Å². The Morgan fingerprint density at radius 2 is 1.84 bits per heavy atom. The summed E-state index contributed by atoms with van der Waals surface area (Å²) in [5.74, 6) is -2.45. The Hall–Kier alpha value is -0.750. The van der Waals surface area contributed by atoms with Crippen LogP contribution in [-0.2, 0) is 6.54 Å². The molecule has 2 fully saturated rings. The smallest absolute Gasteiger partial charge is 0.250 e. The summed E-state index contributed by atoms with van der Waals surface area (Å²) >= 11 is 1.71. The molecule has 0 bridgehead atoms. The molecule has 2 aliphatic heterocycles. The molecule has 6 heteroatoms. The maximum absolute atomic E-state index is 13.1. The van der Waals surface area contributed by atoms with E-state index in [1.807, 2.05) is 6.20 Å². The van der Waals surface area contributed by atoms with E-state index in [1.165, 1.54) is 17.7 Å². The molecule has 3 heterocycles. The zero-order valence-electron chi connectivity index (χ0n) is 10.9. The fraction of sp³-hybridized carbons (Fsp3) is 0.769. The molecule has 0 aliphatic carbocycles. The molecular weight excluding hydrogens is 268 g/mol. The van der Waals surface area contributed by atoms with E-state index < -0.39 is 5.92 Å². The first-order valence-electron chi connectivity index (χ1n) is 6.92. The van der Waals surface area contributed by atoms with Crippen LogP contribution in [0.25, 0.3) is 0 Å². The fourth-order valence-electron chi connectivity index (χ4n) is 2.68. The first-order chi connectivity index (χ1) is 9.12. The number of piperidine rings is 1. The van der Waals surface area contributed by atoms with Gasteiger partial charge in [0, 0.05) is 56.6 Å². The predicted molar refractivity (Wildman–Crippen MR) is 73.0 cm³/mol. The maximum Gasteiger partial charge on any atom is 0.250 e. The zero-order chi connectivity index (χ0) is 13.3. The van der Waals surface area contributed by atoms with Crippen LogP contribution >= 0.6 is 11.3 Å². The van der Waals surface area contributed by atoms with Crippen molar-refractivity contribution in [2.75, 3.05) is 31.1 Å².